The molecular formula is C20H25N3O3. The van der Waals surface area contributed by atoms with Gasteiger partial charge in [0, 0.05) is 26.2 Å². The van der Waals surface area contributed by atoms with E-state index in [9.17, 15) is 0 Å². The van der Waals surface area contributed by atoms with Gasteiger partial charge in [-0.25, -0.2) is 4.98 Å². The molecule has 1 atom stereocenters. The first kappa shape index (κ1) is 16.1. The molecule has 0 N–H and O–H groups in total. The molecule has 0 amide bonds. The molecule has 1 aromatic carbocycles. The van der Waals surface area contributed by atoms with Crippen LogP contribution in [0.15, 0.2) is 24.4 Å². The maximum atomic E-state index is 5.87. The Morgan fingerprint density at radius 3 is 2.96 bits per heavy atom. The maximum absolute atomic E-state index is 5.87. The van der Waals surface area contributed by atoms with Gasteiger partial charge in [0.15, 0.2) is 11.5 Å². The molecule has 3 heterocycles. The Morgan fingerprint density at radius 1 is 1.19 bits per heavy atom. The lowest BCUT2D eigenvalue weighted by molar-refractivity contribution is 0.101. The Labute approximate surface area is 153 Å². The van der Waals surface area contributed by atoms with Crippen LogP contribution in [0, 0.1) is 5.92 Å². The van der Waals surface area contributed by atoms with Crippen molar-refractivity contribution in [1.29, 1.82) is 0 Å². The van der Waals surface area contributed by atoms with Gasteiger partial charge in [-0.2, -0.15) is 0 Å². The quantitative estimate of drug-likeness (QED) is 0.797. The normalized spacial score (nSPS) is 21.8. The van der Waals surface area contributed by atoms with Gasteiger partial charge in [0.1, 0.15) is 5.82 Å². The summed E-state index contributed by atoms with van der Waals surface area (Å²) in [7, 11) is 0. The molecule has 3 aliphatic rings. The summed E-state index contributed by atoms with van der Waals surface area (Å²) in [5.41, 5.74) is 2.45. The van der Waals surface area contributed by atoms with Crippen LogP contribution in [0.25, 0.3) is 0 Å². The fourth-order valence-corrected chi connectivity index (χ4v) is 3.82. The fraction of sp³-hybridized carbons (Fsp3) is 0.550. The number of fused-ring (bicyclic) bond motifs is 2. The molecule has 6 nitrogen and oxygen atoms in total. The van der Waals surface area contributed by atoms with Crippen molar-refractivity contribution in [3.63, 3.8) is 0 Å². The predicted molar refractivity (Wildman–Crippen MR) is 96.0 cm³/mol. The second kappa shape index (κ2) is 6.59. The second-order valence-electron chi connectivity index (χ2n) is 7.55. The van der Waals surface area contributed by atoms with Gasteiger partial charge in [-0.05, 0) is 43.4 Å². The van der Waals surface area contributed by atoms with Gasteiger partial charge in [-0.15, -0.1) is 0 Å². The van der Waals surface area contributed by atoms with Crippen molar-refractivity contribution in [2.75, 3.05) is 19.9 Å². The van der Waals surface area contributed by atoms with Gasteiger partial charge in [-0.1, -0.05) is 6.07 Å². The Kier molecular flexibility index (Phi) is 4.10. The molecule has 2 aromatic rings. The minimum absolute atomic E-state index is 0.284. The number of rotatable bonds is 6. The fourth-order valence-electron chi connectivity index (χ4n) is 3.82. The Morgan fingerprint density at radius 2 is 2.08 bits per heavy atom. The summed E-state index contributed by atoms with van der Waals surface area (Å²) in [6, 6.07) is 6.50. The van der Waals surface area contributed by atoms with Crippen LogP contribution >= 0.6 is 0 Å². The number of imidazole rings is 1. The molecule has 6 heteroatoms. The van der Waals surface area contributed by atoms with Crippen molar-refractivity contribution in [1.82, 2.24) is 14.5 Å². The molecule has 2 aliphatic heterocycles. The smallest absolute Gasteiger partial charge is 0.231 e. The van der Waals surface area contributed by atoms with E-state index in [4.69, 9.17) is 19.2 Å². The molecule has 1 fully saturated rings. The molecule has 1 aliphatic carbocycles. The SMILES string of the molecule is CC1c2ncc(COCC3CC3)n2CCN1Cc1ccc2c(c1)OCO2. The first-order valence-electron chi connectivity index (χ1n) is 9.52. The maximum Gasteiger partial charge on any atom is 0.231 e. The first-order valence-corrected chi connectivity index (χ1v) is 9.52. The third-order valence-electron chi connectivity index (χ3n) is 5.62. The molecule has 0 bridgehead atoms. The van der Waals surface area contributed by atoms with Gasteiger partial charge < -0.3 is 18.8 Å². The van der Waals surface area contributed by atoms with Gasteiger partial charge in [0.05, 0.1) is 24.5 Å². The molecule has 1 unspecified atom stereocenters. The number of benzene rings is 1. The standard InChI is InChI=1S/C20H25N3O3/c1-14-20-21-9-17(12-24-11-15-2-3-15)23(20)7-6-22(14)10-16-4-5-18-19(8-16)26-13-25-18/h4-5,8-9,14-15H,2-3,6-7,10-13H2,1H3. The highest BCUT2D eigenvalue weighted by molar-refractivity contribution is 5.44. The molecule has 0 spiro atoms. The summed E-state index contributed by atoms with van der Waals surface area (Å²) in [6.45, 7) is 6.99. The predicted octanol–water partition coefficient (Wildman–Crippen LogP) is 3.12. The Balaban J connectivity index is 1.26. The minimum Gasteiger partial charge on any atom is -0.454 e. The van der Waals surface area contributed by atoms with Crippen LogP contribution < -0.4 is 9.47 Å². The second-order valence-corrected chi connectivity index (χ2v) is 7.55. The van der Waals surface area contributed by atoms with E-state index in [1.807, 2.05) is 12.3 Å². The van der Waals surface area contributed by atoms with Crippen LogP contribution in [0.2, 0.25) is 0 Å². The highest BCUT2D eigenvalue weighted by Gasteiger charge is 2.28. The van der Waals surface area contributed by atoms with Crippen molar-refractivity contribution in [3.05, 3.63) is 41.5 Å². The zero-order chi connectivity index (χ0) is 17.5. The van der Waals surface area contributed by atoms with E-state index in [0.717, 1.165) is 49.5 Å². The van der Waals surface area contributed by atoms with E-state index >= 15 is 0 Å². The van der Waals surface area contributed by atoms with Gasteiger partial charge in [-0.3, -0.25) is 4.90 Å². The van der Waals surface area contributed by atoms with E-state index < -0.39 is 0 Å². The van der Waals surface area contributed by atoms with E-state index in [0.29, 0.717) is 13.4 Å². The van der Waals surface area contributed by atoms with Crippen LogP contribution in [0.4, 0.5) is 0 Å². The van der Waals surface area contributed by atoms with Crippen molar-refractivity contribution in [2.24, 2.45) is 5.92 Å². The average Bonchev–Trinajstić information content (AvgIpc) is 3.19. The molecule has 26 heavy (non-hydrogen) atoms. The third kappa shape index (κ3) is 3.08. The number of nitrogens with zero attached hydrogens (tertiary/aromatic N) is 3. The van der Waals surface area contributed by atoms with Crippen molar-refractivity contribution in [2.45, 2.75) is 45.5 Å². The minimum atomic E-state index is 0.284. The molecule has 1 saturated carbocycles. The van der Waals surface area contributed by atoms with Crippen LogP contribution in [0.1, 0.15) is 42.9 Å². The van der Waals surface area contributed by atoms with E-state index in [2.05, 4.69) is 28.5 Å². The topological polar surface area (TPSA) is 48.8 Å². The summed E-state index contributed by atoms with van der Waals surface area (Å²) in [4.78, 5) is 7.16. The lowest BCUT2D eigenvalue weighted by atomic mass is 10.1. The van der Waals surface area contributed by atoms with E-state index in [1.54, 1.807) is 0 Å². The van der Waals surface area contributed by atoms with E-state index in [-0.39, 0.29) is 6.04 Å². The highest BCUT2D eigenvalue weighted by Crippen LogP contribution is 2.34. The van der Waals surface area contributed by atoms with Crippen molar-refractivity contribution >= 4 is 0 Å². The summed E-state index contributed by atoms with van der Waals surface area (Å²) in [5, 5.41) is 0. The Hall–Kier alpha value is -2.05. The molecule has 0 saturated heterocycles. The van der Waals surface area contributed by atoms with Gasteiger partial charge in [0.2, 0.25) is 6.79 Å². The lowest BCUT2D eigenvalue weighted by Gasteiger charge is -2.34. The average molecular weight is 355 g/mol. The number of hydrogen-bond donors (Lipinski definition) is 0. The largest absolute Gasteiger partial charge is 0.454 e. The molecular weight excluding hydrogens is 330 g/mol. The monoisotopic (exact) mass is 355 g/mol. The van der Waals surface area contributed by atoms with Crippen LogP contribution in [0.5, 0.6) is 11.5 Å². The van der Waals surface area contributed by atoms with Crippen LogP contribution in [-0.2, 0) is 24.4 Å². The highest BCUT2D eigenvalue weighted by atomic mass is 16.7. The van der Waals surface area contributed by atoms with Crippen molar-refractivity contribution in [3.8, 4) is 11.5 Å². The van der Waals surface area contributed by atoms with Gasteiger partial charge >= 0.3 is 0 Å². The Bertz CT molecular complexity index is 800. The molecule has 1 aromatic heterocycles. The molecule has 138 valence electrons. The zero-order valence-corrected chi connectivity index (χ0v) is 15.2. The summed E-state index contributed by atoms with van der Waals surface area (Å²) < 4.78 is 19.1. The summed E-state index contributed by atoms with van der Waals surface area (Å²) >= 11 is 0. The summed E-state index contributed by atoms with van der Waals surface area (Å²) in [5.74, 6) is 3.63. The lowest BCUT2D eigenvalue weighted by Crippen LogP contribution is -2.37. The number of hydrogen-bond acceptors (Lipinski definition) is 5. The zero-order valence-electron chi connectivity index (χ0n) is 15.2. The van der Waals surface area contributed by atoms with Gasteiger partial charge in [0.25, 0.3) is 0 Å². The van der Waals surface area contributed by atoms with Crippen LogP contribution in [0.3, 0.4) is 0 Å². The summed E-state index contributed by atoms with van der Waals surface area (Å²) in [6.07, 6.45) is 4.65. The van der Waals surface area contributed by atoms with Crippen LogP contribution in [-0.4, -0.2) is 34.4 Å². The number of aromatic nitrogens is 2. The third-order valence-corrected chi connectivity index (χ3v) is 5.62. The van der Waals surface area contributed by atoms with Crippen molar-refractivity contribution < 1.29 is 14.2 Å². The first-order chi connectivity index (χ1) is 12.8. The van der Waals surface area contributed by atoms with E-state index in [1.165, 1.54) is 24.1 Å². The number of ether oxygens (including phenoxy) is 3. The molecule has 5 rings (SSSR count). The molecule has 0 radical (unpaired) electrons.